The predicted octanol–water partition coefficient (Wildman–Crippen LogP) is 1.69. The molecule has 1 unspecified atom stereocenters. The van der Waals surface area contributed by atoms with Crippen LogP contribution in [-0.4, -0.2) is 25.7 Å². The summed E-state index contributed by atoms with van der Waals surface area (Å²) in [4.78, 5) is 11.9. The van der Waals surface area contributed by atoms with Crippen molar-refractivity contribution in [2.75, 3.05) is 25.5 Å². The summed E-state index contributed by atoms with van der Waals surface area (Å²) >= 11 is 5.83. The van der Waals surface area contributed by atoms with Gasteiger partial charge >= 0.3 is 0 Å². The Morgan fingerprint density at radius 3 is 3.12 bits per heavy atom. The average Bonchev–Trinajstić information content (AvgIpc) is 2.82. The number of carbonyl (C=O) groups is 1. The van der Waals surface area contributed by atoms with Crippen LogP contribution in [0.25, 0.3) is 0 Å². The van der Waals surface area contributed by atoms with E-state index < -0.39 is 0 Å². The summed E-state index contributed by atoms with van der Waals surface area (Å²) in [5.74, 6) is 0.219. The van der Waals surface area contributed by atoms with Crippen LogP contribution >= 0.6 is 11.6 Å². The Kier molecular flexibility index (Phi) is 3.86. The van der Waals surface area contributed by atoms with Gasteiger partial charge in [-0.2, -0.15) is 0 Å². The van der Waals surface area contributed by atoms with Crippen LogP contribution in [0.1, 0.15) is 16.8 Å². The van der Waals surface area contributed by atoms with E-state index in [-0.39, 0.29) is 5.91 Å². The first kappa shape index (κ1) is 12.2. The summed E-state index contributed by atoms with van der Waals surface area (Å²) < 4.78 is 5.24. The van der Waals surface area contributed by atoms with Crippen LogP contribution in [0, 0.1) is 5.92 Å². The van der Waals surface area contributed by atoms with E-state index in [1.165, 1.54) is 0 Å². The van der Waals surface area contributed by atoms with Crippen LogP contribution in [0.2, 0.25) is 5.02 Å². The summed E-state index contributed by atoms with van der Waals surface area (Å²) in [5.41, 5.74) is 6.60. The lowest BCUT2D eigenvalue weighted by Gasteiger charge is -2.11. The maximum atomic E-state index is 11.9. The van der Waals surface area contributed by atoms with Gasteiger partial charge in [0.25, 0.3) is 5.91 Å². The molecule has 0 bridgehead atoms. The molecule has 1 fully saturated rings. The monoisotopic (exact) mass is 254 g/mol. The van der Waals surface area contributed by atoms with Gasteiger partial charge in [0.15, 0.2) is 0 Å². The smallest absolute Gasteiger partial charge is 0.253 e. The zero-order valence-electron chi connectivity index (χ0n) is 9.41. The van der Waals surface area contributed by atoms with Crippen LogP contribution < -0.4 is 11.1 Å². The van der Waals surface area contributed by atoms with E-state index in [9.17, 15) is 4.79 Å². The third-order valence-corrected chi connectivity index (χ3v) is 3.07. The number of nitrogens with two attached hydrogens (primary N) is 1. The molecule has 0 radical (unpaired) electrons. The largest absolute Gasteiger partial charge is 0.398 e. The lowest BCUT2D eigenvalue weighted by atomic mass is 10.1. The van der Waals surface area contributed by atoms with E-state index in [1.54, 1.807) is 18.2 Å². The quantitative estimate of drug-likeness (QED) is 0.807. The second kappa shape index (κ2) is 5.38. The van der Waals surface area contributed by atoms with Gasteiger partial charge in [0, 0.05) is 29.8 Å². The molecule has 3 N–H and O–H groups in total. The second-order valence-corrected chi connectivity index (χ2v) is 4.61. The molecule has 92 valence electrons. The zero-order valence-corrected chi connectivity index (χ0v) is 10.2. The molecule has 1 heterocycles. The number of halogens is 1. The molecule has 0 aliphatic carbocycles. The molecule has 1 saturated heterocycles. The predicted molar refractivity (Wildman–Crippen MR) is 67.1 cm³/mol. The number of hydrogen-bond donors (Lipinski definition) is 2. The van der Waals surface area contributed by atoms with Gasteiger partial charge in [-0.25, -0.2) is 0 Å². The van der Waals surface area contributed by atoms with Crippen LogP contribution in [0.4, 0.5) is 5.69 Å². The highest BCUT2D eigenvalue weighted by Gasteiger charge is 2.17. The number of benzene rings is 1. The Bertz CT molecular complexity index is 417. The van der Waals surface area contributed by atoms with Crippen LogP contribution in [0.15, 0.2) is 18.2 Å². The number of carbonyl (C=O) groups excluding carboxylic acids is 1. The standard InChI is InChI=1S/C12H15ClN2O2/c13-9-1-2-11(14)10(5-9)12(16)15-6-8-3-4-17-7-8/h1-2,5,8H,3-4,6-7,14H2,(H,15,16). The van der Waals surface area contributed by atoms with Gasteiger partial charge in [-0.15, -0.1) is 0 Å². The number of hydrogen-bond acceptors (Lipinski definition) is 3. The van der Waals surface area contributed by atoms with E-state index in [2.05, 4.69) is 5.32 Å². The fraction of sp³-hybridized carbons (Fsp3) is 0.417. The third kappa shape index (κ3) is 3.11. The molecule has 1 aromatic carbocycles. The van der Waals surface area contributed by atoms with E-state index in [1.807, 2.05) is 0 Å². The Morgan fingerprint density at radius 2 is 2.41 bits per heavy atom. The number of nitrogen functional groups attached to an aromatic ring is 1. The maximum Gasteiger partial charge on any atom is 0.253 e. The first-order valence-corrected chi connectivity index (χ1v) is 5.95. The van der Waals surface area contributed by atoms with E-state index >= 15 is 0 Å². The molecule has 0 aromatic heterocycles. The lowest BCUT2D eigenvalue weighted by molar-refractivity contribution is 0.0946. The highest BCUT2D eigenvalue weighted by molar-refractivity contribution is 6.31. The van der Waals surface area contributed by atoms with Crippen molar-refractivity contribution in [3.05, 3.63) is 28.8 Å². The highest BCUT2D eigenvalue weighted by Crippen LogP contribution is 2.18. The van der Waals surface area contributed by atoms with Crippen LogP contribution in [0.3, 0.4) is 0 Å². The lowest BCUT2D eigenvalue weighted by Crippen LogP contribution is -2.30. The van der Waals surface area contributed by atoms with E-state index in [4.69, 9.17) is 22.1 Å². The van der Waals surface area contributed by atoms with Crippen molar-refractivity contribution >= 4 is 23.2 Å². The molecule has 1 atom stereocenters. The Morgan fingerprint density at radius 1 is 1.59 bits per heavy atom. The van der Waals surface area contributed by atoms with E-state index in [0.717, 1.165) is 13.0 Å². The van der Waals surface area contributed by atoms with Gasteiger partial charge in [-0.1, -0.05) is 11.6 Å². The number of nitrogens with one attached hydrogen (secondary N) is 1. The van der Waals surface area contributed by atoms with Crippen LogP contribution in [0.5, 0.6) is 0 Å². The minimum atomic E-state index is -0.183. The summed E-state index contributed by atoms with van der Waals surface area (Å²) in [6, 6.07) is 4.88. The third-order valence-electron chi connectivity index (χ3n) is 2.84. The van der Waals surface area contributed by atoms with Crippen molar-refractivity contribution in [1.82, 2.24) is 5.32 Å². The molecule has 1 aromatic rings. The summed E-state index contributed by atoms with van der Waals surface area (Å²) in [6.45, 7) is 2.11. The van der Waals surface area contributed by atoms with Gasteiger partial charge in [0.1, 0.15) is 0 Å². The van der Waals surface area contributed by atoms with Crippen molar-refractivity contribution in [3.8, 4) is 0 Å². The molecule has 4 nitrogen and oxygen atoms in total. The number of anilines is 1. The Labute approximate surface area is 105 Å². The first-order chi connectivity index (χ1) is 8.16. The van der Waals surface area contributed by atoms with Crippen molar-refractivity contribution in [3.63, 3.8) is 0 Å². The van der Waals surface area contributed by atoms with Gasteiger partial charge in [0.2, 0.25) is 0 Å². The molecule has 2 rings (SSSR count). The van der Waals surface area contributed by atoms with Crippen molar-refractivity contribution in [2.24, 2.45) is 5.92 Å². The topological polar surface area (TPSA) is 64.4 Å². The zero-order chi connectivity index (χ0) is 12.3. The maximum absolute atomic E-state index is 11.9. The molecule has 0 saturated carbocycles. The number of amides is 1. The molecular weight excluding hydrogens is 240 g/mol. The van der Waals surface area contributed by atoms with Crippen molar-refractivity contribution in [1.29, 1.82) is 0 Å². The van der Waals surface area contributed by atoms with Gasteiger partial charge in [-0.05, 0) is 24.6 Å². The van der Waals surface area contributed by atoms with E-state index in [0.29, 0.717) is 35.3 Å². The first-order valence-electron chi connectivity index (χ1n) is 5.58. The summed E-state index contributed by atoms with van der Waals surface area (Å²) in [6.07, 6.45) is 0.991. The number of ether oxygens (including phenoxy) is 1. The SMILES string of the molecule is Nc1ccc(Cl)cc1C(=O)NCC1CCOC1. The second-order valence-electron chi connectivity index (χ2n) is 4.17. The molecule has 0 spiro atoms. The Balaban J connectivity index is 1.96. The average molecular weight is 255 g/mol. The highest BCUT2D eigenvalue weighted by atomic mass is 35.5. The molecular formula is C12H15ClN2O2. The molecule has 1 amide bonds. The Hall–Kier alpha value is -1.26. The fourth-order valence-corrected chi connectivity index (χ4v) is 1.97. The molecule has 1 aliphatic rings. The molecule has 17 heavy (non-hydrogen) atoms. The van der Waals surface area contributed by atoms with Gasteiger partial charge in [-0.3, -0.25) is 4.79 Å². The normalized spacial score (nSPS) is 19.2. The van der Waals surface area contributed by atoms with Crippen LogP contribution in [-0.2, 0) is 4.74 Å². The fourth-order valence-electron chi connectivity index (χ4n) is 1.80. The van der Waals surface area contributed by atoms with Gasteiger partial charge < -0.3 is 15.8 Å². The van der Waals surface area contributed by atoms with Crippen molar-refractivity contribution < 1.29 is 9.53 Å². The number of rotatable bonds is 3. The minimum absolute atomic E-state index is 0.183. The molecule has 1 aliphatic heterocycles. The summed E-state index contributed by atoms with van der Waals surface area (Å²) in [7, 11) is 0. The van der Waals surface area contributed by atoms with Gasteiger partial charge in [0.05, 0.1) is 12.2 Å². The minimum Gasteiger partial charge on any atom is -0.398 e. The summed E-state index contributed by atoms with van der Waals surface area (Å²) in [5, 5.41) is 3.36. The molecule has 5 heteroatoms. The van der Waals surface area contributed by atoms with Crippen molar-refractivity contribution in [2.45, 2.75) is 6.42 Å².